The van der Waals surface area contributed by atoms with Gasteiger partial charge in [-0.15, -0.1) is 0 Å². The molecule has 1 aliphatic rings. The second-order valence-electron chi connectivity index (χ2n) is 6.84. The van der Waals surface area contributed by atoms with Crippen molar-refractivity contribution in [2.75, 3.05) is 32.8 Å². The normalized spacial score (nSPS) is 17.0. The lowest BCUT2D eigenvalue weighted by atomic mass is 10.1. The number of nitrogens with one attached hydrogen (secondary N) is 2. The summed E-state index contributed by atoms with van der Waals surface area (Å²) in [6.45, 7) is 4.75. The molecule has 2 heterocycles. The summed E-state index contributed by atoms with van der Waals surface area (Å²) in [5.74, 6) is -0.654. The van der Waals surface area contributed by atoms with E-state index in [0.29, 0.717) is 39.3 Å². The molecule has 0 bridgehead atoms. The predicted molar refractivity (Wildman–Crippen MR) is 101 cm³/mol. The number of carbonyl (C=O) groups excluding carboxylic acids is 2. The van der Waals surface area contributed by atoms with Crippen molar-refractivity contribution in [2.45, 2.75) is 26.2 Å². The summed E-state index contributed by atoms with van der Waals surface area (Å²) in [6, 6.07) is 4.64. The maximum atomic E-state index is 13.5. The van der Waals surface area contributed by atoms with E-state index in [0.717, 1.165) is 22.9 Å². The van der Waals surface area contributed by atoms with Crippen LogP contribution < -0.4 is 5.32 Å². The number of hydrogen-bond donors (Lipinski definition) is 2. The van der Waals surface area contributed by atoms with Crippen molar-refractivity contribution in [3.8, 4) is 0 Å². The minimum absolute atomic E-state index is 0.00418. The van der Waals surface area contributed by atoms with Crippen molar-refractivity contribution in [1.29, 1.82) is 0 Å². The Morgan fingerprint density at radius 2 is 2.30 bits per heavy atom. The van der Waals surface area contributed by atoms with Gasteiger partial charge in [-0.1, -0.05) is 0 Å². The van der Waals surface area contributed by atoms with E-state index in [2.05, 4.69) is 10.3 Å². The van der Waals surface area contributed by atoms with E-state index < -0.39 is 0 Å². The Morgan fingerprint density at radius 1 is 1.44 bits per heavy atom. The molecule has 2 N–H and O–H groups in total. The Kier molecular flexibility index (Phi) is 6.45. The molecule has 3 rings (SSSR count). The number of rotatable bonds is 9. The third-order valence-corrected chi connectivity index (χ3v) is 4.93. The molecule has 1 atom stereocenters. The monoisotopic (exact) mass is 375 g/mol. The second kappa shape index (κ2) is 8.99. The number of nitrogens with zero attached hydrogens (tertiary/aromatic N) is 1. The molecule has 2 aromatic rings. The molecule has 0 spiro atoms. The standard InChI is InChI=1S/C20H26FN3O3/c1-2-27-9-3-7-22-20(26)15-10-19(25)24(13-15)8-6-14-12-23-18-5-4-16(21)11-17(14)18/h4-5,11-12,15,23H,2-3,6-10,13H2,1H3,(H,22,26)/t15-/m1/s1. The van der Waals surface area contributed by atoms with Crippen LogP contribution in [0.25, 0.3) is 10.9 Å². The lowest BCUT2D eigenvalue weighted by Crippen LogP contribution is -2.34. The predicted octanol–water partition coefficient (Wildman–Crippen LogP) is 2.24. The van der Waals surface area contributed by atoms with Gasteiger partial charge < -0.3 is 19.9 Å². The Labute approximate surface area is 158 Å². The second-order valence-corrected chi connectivity index (χ2v) is 6.84. The van der Waals surface area contributed by atoms with Gasteiger partial charge in [0.15, 0.2) is 0 Å². The number of carbonyl (C=O) groups is 2. The molecule has 146 valence electrons. The zero-order valence-electron chi connectivity index (χ0n) is 15.6. The molecule has 0 unspecified atom stereocenters. The highest BCUT2D eigenvalue weighted by Gasteiger charge is 2.33. The van der Waals surface area contributed by atoms with Gasteiger partial charge in [-0.05, 0) is 43.5 Å². The number of halogens is 1. The van der Waals surface area contributed by atoms with E-state index >= 15 is 0 Å². The number of ether oxygens (including phenoxy) is 1. The van der Waals surface area contributed by atoms with Crippen LogP contribution in [0.1, 0.15) is 25.3 Å². The molecule has 1 aromatic heterocycles. The van der Waals surface area contributed by atoms with E-state index in [-0.39, 0.29) is 30.0 Å². The van der Waals surface area contributed by atoms with Crippen LogP contribution in [0.3, 0.4) is 0 Å². The molecule has 1 fully saturated rings. The molecule has 1 aliphatic heterocycles. The highest BCUT2D eigenvalue weighted by Crippen LogP contribution is 2.22. The summed E-state index contributed by atoms with van der Waals surface area (Å²) in [6.07, 6.45) is 3.49. The van der Waals surface area contributed by atoms with Gasteiger partial charge in [0, 0.05) is 56.4 Å². The van der Waals surface area contributed by atoms with Crippen LogP contribution in [-0.4, -0.2) is 54.5 Å². The van der Waals surface area contributed by atoms with Crippen molar-refractivity contribution < 1.29 is 18.7 Å². The van der Waals surface area contributed by atoms with Crippen LogP contribution in [0.5, 0.6) is 0 Å². The quantitative estimate of drug-likeness (QED) is 0.660. The Morgan fingerprint density at radius 3 is 3.11 bits per heavy atom. The Bertz CT molecular complexity index is 805. The highest BCUT2D eigenvalue weighted by molar-refractivity contribution is 5.89. The van der Waals surface area contributed by atoms with Gasteiger partial charge >= 0.3 is 0 Å². The fourth-order valence-corrected chi connectivity index (χ4v) is 3.45. The average molecular weight is 375 g/mol. The SMILES string of the molecule is CCOCCCNC(=O)[C@@H]1CC(=O)N(CCc2c[nH]c3ccc(F)cc23)C1. The van der Waals surface area contributed by atoms with Crippen LogP contribution in [0.2, 0.25) is 0 Å². The number of H-pyrrole nitrogens is 1. The number of benzene rings is 1. The summed E-state index contributed by atoms with van der Waals surface area (Å²) >= 11 is 0. The Hall–Kier alpha value is -2.41. The number of aromatic amines is 1. The van der Waals surface area contributed by atoms with Crippen LogP contribution in [0.15, 0.2) is 24.4 Å². The molecular formula is C20H26FN3O3. The summed E-state index contributed by atoms with van der Waals surface area (Å²) < 4.78 is 18.7. The molecule has 2 amide bonds. The smallest absolute Gasteiger partial charge is 0.225 e. The van der Waals surface area contributed by atoms with Gasteiger partial charge in [0.05, 0.1) is 5.92 Å². The van der Waals surface area contributed by atoms with Crippen LogP contribution in [0, 0.1) is 11.7 Å². The van der Waals surface area contributed by atoms with Gasteiger partial charge in [-0.25, -0.2) is 4.39 Å². The van der Waals surface area contributed by atoms with Crippen molar-refractivity contribution in [3.63, 3.8) is 0 Å². The van der Waals surface area contributed by atoms with E-state index in [1.54, 1.807) is 11.0 Å². The van der Waals surface area contributed by atoms with Crippen molar-refractivity contribution in [1.82, 2.24) is 15.2 Å². The number of aromatic nitrogens is 1. The van der Waals surface area contributed by atoms with Crippen molar-refractivity contribution >= 4 is 22.7 Å². The number of fused-ring (bicyclic) bond motifs is 1. The van der Waals surface area contributed by atoms with Crippen LogP contribution in [-0.2, 0) is 20.7 Å². The molecule has 1 saturated heterocycles. The molecule has 27 heavy (non-hydrogen) atoms. The van der Waals surface area contributed by atoms with Gasteiger partial charge in [-0.3, -0.25) is 9.59 Å². The zero-order valence-corrected chi connectivity index (χ0v) is 15.6. The fraction of sp³-hybridized carbons (Fsp3) is 0.500. The van der Waals surface area contributed by atoms with Crippen LogP contribution >= 0.6 is 0 Å². The van der Waals surface area contributed by atoms with Gasteiger partial charge in [0.1, 0.15) is 5.82 Å². The first kappa shape index (κ1) is 19.4. The third kappa shape index (κ3) is 4.86. The zero-order chi connectivity index (χ0) is 19.2. The fourth-order valence-electron chi connectivity index (χ4n) is 3.45. The van der Waals surface area contributed by atoms with Crippen LogP contribution in [0.4, 0.5) is 4.39 Å². The maximum Gasteiger partial charge on any atom is 0.225 e. The van der Waals surface area contributed by atoms with E-state index in [9.17, 15) is 14.0 Å². The Balaban J connectivity index is 1.49. The average Bonchev–Trinajstić information content (AvgIpc) is 3.22. The van der Waals surface area contributed by atoms with Crippen molar-refractivity contribution in [2.24, 2.45) is 5.92 Å². The lowest BCUT2D eigenvalue weighted by Gasteiger charge is -2.16. The molecule has 7 heteroatoms. The molecule has 6 nitrogen and oxygen atoms in total. The minimum Gasteiger partial charge on any atom is -0.382 e. The maximum absolute atomic E-state index is 13.5. The molecule has 0 saturated carbocycles. The third-order valence-electron chi connectivity index (χ3n) is 4.93. The first-order valence-corrected chi connectivity index (χ1v) is 9.47. The van der Waals surface area contributed by atoms with E-state index in [1.165, 1.54) is 12.1 Å². The van der Waals surface area contributed by atoms with Gasteiger partial charge in [0.25, 0.3) is 0 Å². The summed E-state index contributed by atoms with van der Waals surface area (Å²) in [4.78, 5) is 29.3. The van der Waals surface area contributed by atoms with Gasteiger partial charge in [-0.2, -0.15) is 0 Å². The molecule has 0 radical (unpaired) electrons. The number of amides is 2. The number of hydrogen-bond acceptors (Lipinski definition) is 3. The minimum atomic E-state index is -0.301. The van der Waals surface area contributed by atoms with E-state index in [1.807, 2.05) is 13.1 Å². The number of likely N-dealkylation sites (tertiary alicyclic amines) is 1. The molecule has 0 aliphatic carbocycles. The summed E-state index contributed by atoms with van der Waals surface area (Å²) in [5, 5.41) is 3.72. The van der Waals surface area contributed by atoms with Crippen molar-refractivity contribution in [3.05, 3.63) is 35.8 Å². The van der Waals surface area contributed by atoms with Gasteiger partial charge in [0.2, 0.25) is 11.8 Å². The summed E-state index contributed by atoms with van der Waals surface area (Å²) in [5.41, 5.74) is 1.85. The molecule has 1 aromatic carbocycles. The highest BCUT2D eigenvalue weighted by atomic mass is 19.1. The first-order valence-electron chi connectivity index (χ1n) is 9.47. The summed E-state index contributed by atoms with van der Waals surface area (Å²) in [7, 11) is 0. The largest absolute Gasteiger partial charge is 0.382 e. The first-order chi connectivity index (χ1) is 13.1. The van der Waals surface area contributed by atoms with E-state index in [4.69, 9.17) is 4.74 Å². The lowest BCUT2D eigenvalue weighted by molar-refractivity contribution is -0.129. The molecular weight excluding hydrogens is 349 g/mol. The topological polar surface area (TPSA) is 74.4 Å².